The number of rotatable bonds is 5. The Bertz CT molecular complexity index is 890. The van der Waals surface area contributed by atoms with Crippen molar-refractivity contribution >= 4 is 34.0 Å². The molecule has 0 saturated carbocycles. The summed E-state index contributed by atoms with van der Waals surface area (Å²) in [4.78, 5) is 28.7. The number of para-hydroxylation sites is 1. The van der Waals surface area contributed by atoms with Crippen molar-refractivity contribution in [1.82, 2.24) is 4.98 Å². The maximum absolute atomic E-state index is 12.4. The molecule has 0 saturated heterocycles. The molecule has 0 atom stereocenters. The van der Waals surface area contributed by atoms with Crippen LogP contribution in [-0.2, 0) is 6.42 Å². The van der Waals surface area contributed by atoms with Crippen LogP contribution in [0.2, 0.25) is 0 Å². The Morgan fingerprint density at radius 1 is 0.960 bits per heavy atom. The Balaban J connectivity index is 1.68. The van der Waals surface area contributed by atoms with E-state index >= 15 is 0 Å². The normalized spacial score (nSPS) is 10.3. The Morgan fingerprint density at radius 3 is 2.44 bits per heavy atom. The van der Waals surface area contributed by atoms with Crippen LogP contribution in [-0.4, -0.2) is 16.8 Å². The van der Waals surface area contributed by atoms with Crippen molar-refractivity contribution in [3.05, 3.63) is 76.8 Å². The first-order valence-electron chi connectivity index (χ1n) is 7.88. The van der Waals surface area contributed by atoms with Crippen LogP contribution >= 0.6 is 11.3 Å². The van der Waals surface area contributed by atoms with E-state index in [1.807, 2.05) is 37.3 Å². The smallest absolute Gasteiger partial charge is 0.275 e. The van der Waals surface area contributed by atoms with Crippen LogP contribution in [0.4, 0.5) is 10.8 Å². The van der Waals surface area contributed by atoms with Crippen molar-refractivity contribution in [2.24, 2.45) is 0 Å². The fourth-order valence-electron chi connectivity index (χ4n) is 2.33. The molecular weight excluding hydrogens is 334 g/mol. The highest BCUT2D eigenvalue weighted by atomic mass is 32.1. The minimum absolute atomic E-state index is 0.252. The number of carbonyl (C=O) groups excluding carboxylic acids is 2. The number of hydrogen-bond acceptors (Lipinski definition) is 4. The Morgan fingerprint density at radius 2 is 1.68 bits per heavy atom. The molecule has 2 amide bonds. The van der Waals surface area contributed by atoms with E-state index in [2.05, 4.69) is 15.6 Å². The number of benzene rings is 2. The molecule has 1 aromatic heterocycles. The molecule has 0 spiro atoms. The molecule has 6 heteroatoms. The molecule has 1 heterocycles. The summed E-state index contributed by atoms with van der Waals surface area (Å²) < 4.78 is 0. The summed E-state index contributed by atoms with van der Waals surface area (Å²) in [5.74, 6) is -0.546. The number of thiazole rings is 1. The van der Waals surface area contributed by atoms with E-state index in [0.717, 1.165) is 17.7 Å². The van der Waals surface area contributed by atoms with Crippen LogP contribution in [0.15, 0.2) is 60.0 Å². The molecule has 0 unspecified atom stereocenters. The van der Waals surface area contributed by atoms with Crippen LogP contribution < -0.4 is 10.6 Å². The third kappa shape index (κ3) is 4.10. The highest BCUT2D eigenvalue weighted by Crippen LogP contribution is 2.20. The predicted octanol–water partition coefficient (Wildman–Crippen LogP) is 4.21. The molecule has 0 bridgehead atoms. The largest absolute Gasteiger partial charge is 0.320 e. The van der Waals surface area contributed by atoms with Gasteiger partial charge in [-0.25, -0.2) is 4.98 Å². The summed E-state index contributed by atoms with van der Waals surface area (Å²) in [5, 5.41) is 7.60. The van der Waals surface area contributed by atoms with Crippen molar-refractivity contribution < 1.29 is 9.59 Å². The second-order valence-corrected chi connectivity index (χ2v) is 6.18. The van der Waals surface area contributed by atoms with Gasteiger partial charge in [-0.15, -0.1) is 11.3 Å². The lowest BCUT2D eigenvalue weighted by Gasteiger charge is -2.08. The Labute approximate surface area is 149 Å². The van der Waals surface area contributed by atoms with Gasteiger partial charge in [-0.2, -0.15) is 0 Å². The first-order valence-corrected chi connectivity index (χ1v) is 8.76. The third-order valence-corrected chi connectivity index (χ3v) is 4.40. The topological polar surface area (TPSA) is 71.1 Å². The van der Waals surface area contributed by atoms with Gasteiger partial charge in [0.2, 0.25) is 0 Å². The average Bonchev–Trinajstić information content (AvgIpc) is 3.11. The maximum atomic E-state index is 12.4. The van der Waals surface area contributed by atoms with Crippen LogP contribution in [0, 0.1) is 0 Å². The van der Waals surface area contributed by atoms with E-state index in [9.17, 15) is 9.59 Å². The zero-order valence-corrected chi connectivity index (χ0v) is 14.5. The predicted molar refractivity (Wildman–Crippen MR) is 100 cm³/mol. The number of carbonyl (C=O) groups is 2. The SMILES string of the molecule is CCc1ccccc1NC(=O)c1csc(NC(=O)c2ccccc2)n1. The number of aryl methyl sites for hydroxylation is 1. The standard InChI is InChI=1S/C19H17N3O2S/c1-2-13-8-6-7-11-15(13)20-18(24)16-12-25-19(21-16)22-17(23)14-9-4-3-5-10-14/h3-12H,2H2,1H3,(H,20,24)(H,21,22,23). The number of amides is 2. The zero-order chi connectivity index (χ0) is 17.6. The lowest BCUT2D eigenvalue weighted by molar-refractivity contribution is 0.101. The molecule has 0 fully saturated rings. The highest BCUT2D eigenvalue weighted by molar-refractivity contribution is 7.14. The van der Waals surface area contributed by atoms with E-state index in [4.69, 9.17) is 0 Å². The van der Waals surface area contributed by atoms with Gasteiger partial charge in [0.15, 0.2) is 5.13 Å². The molecule has 0 radical (unpaired) electrons. The molecule has 3 rings (SSSR count). The lowest BCUT2D eigenvalue weighted by atomic mass is 10.1. The summed E-state index contributed by atoms with van der Waals surface area (Å²) in [6.45, 7) is 2.03. The first kappa shape index (κ1) is 16.9. The van der Waals surface area contributed by atoms with Crippen LogP contribution in [0.5, 0.6) is 0 Å². The highest BCUT2D eigenvalue weighted by Gasteiger charge is 2.14. The second-order valence-electron chi connectivity index (χ2n) is 5.32. The maximum Gasteiger partial charge on any atom is 0.275 e. The van der Waals surface area contributed by atoms with Gasteiger partial charge in [-0.1, -0.05) is 43.3 Å². The van der Waals surface area contributed by atoms with Gasteiger partial charge in [0.1, 0.15) is 5.69 Å². The molecule has 5 nitrogen and oxygen atoms in total. The van der Waals surface area contributed by atoms with E-state index < -0.39 is 0 Å². The van der Waals surface area contributed by atoms with Crippen molar-refractivity contribution in [2.75, 3.05) is 10.6 Å². The molecule has 126 valence electrons. The minimum atomic E-state index is -0.294. The fourth-order valence-corrected chi connectivity index (χ4v) is 3.02. The molecule has 0 aliphatic heterocycles. The van der Waals surface area contributed by atoms with Gasteiger partial charge in [-0.3, -0.25) is 14.9 Å². The Kier molecular flexibility index (Phi) is 5.20. The van der Waals surface area contributed by atoms with Gasteiger partial charge in [0, 0.05) is 16.6 Å². The number of aromatic nitrogens is 1. The van der Waals surface area contributed by atoms with Crippen molar-refractivity contribution in [3.8, 4) is 0 Å². The number of anilines is 2. The quantitative estimate of drug-likeness (QED) is 0.723. The molecule has 2 N–H and O–H groups in total. The van der Waals surface area contributed by atoms with E-state index in [-0.39, 0.29) is 17.5 Å². The molecule has 3 aromatic rings. The van der Waals surface area contributed by atoms with Gasteiger partial charge in [0.25, 0.3) is 11.8 Å². The number of nitrogens with zero attached hydrogens (tertiary/aromatic N) is 1. The first-order chi connectivity index (χ1) is 12.2. The van der Waals surface area contributed by atoms with Gasteiger partial charge in [-0.05, 0) is 30.2 Å². The van der Waals surface area contributed by atoms with Crippen LogP contribution in [0.1, 0.15) is 33.3 Å². The van der Waals surface area contributed by atoms with Crippen molar-refractivity contribution in [2.45, 2.75) is 13.3 Å². The van der Waals surface area contributed by atoms with E-state index in [0.29, 0.717) is 10.7 Å². The summed E-state index contributed by atoms with van der Waals surface area (Å²) in [6, 6.07) is 16.5. The van der Waals surface area contributed by atoms with Crippen molar-refractivity contribution in [1.29, 1.82) is 0 Å². The Hall–Kier alpha value is -2.99. The summed E-state index contributed by atoms with van der Waals surface area (Å²) in [6.07, 6.45) is 0.825. The second kappa shape index (κ2) is 7.72. The van der Waals surface area contributed by atoms with Crippen LogP contribution in [0.3, 0.4) is 0 Å². The minimum Gasteiger partial charge on any atom is -0.320 e. The molecular formula is C19H17N3O2S. The van der Waals surface area contributed by atoms with Gasteiger partial charge in [0.05, 0.1) is 0 Å². The number of hydrogen-bond donors (Lipinski definition) is 2. The number of nitrogens with one attached hydrogen (secondary N) is 2. The average molecular weight is 351 g/mol. The summed E-state index contributed by atoms with van der Waals surface area (Å²) in [7, 11) is 0. The summed E-state index contributed by atoms with van der Waals surface area (Å²) in [5.41, 5.74) is 2.65. The lowest BCUT2D eigenvalue weighted by Crippen LogP contribution is -2.15. The third-order valence-electron chi connectivity index (χ3n) is 3.64. The summed E-state index contributed by atoms with van der Waals surface area (Å²) >= 11 is 1.22. The van der Waals surface area contributed by atoms with E-state index in [1.54, 1.807) is 29.6 Å². The molecule has 0 aliphatic rings. The van der Waals surface area contributed by atoms with Gasteiger partial charge >= 0.3 is 0 Å². The zero-order valence-electron chi connectivity index (χ0n) is 13.7. The van der Waals surface area contributed by atoms with Crippen LogP contribution in [0.25, 0.3) is 0 Å². The monoisotopic (exact) mass is 351 g/mol. The fraction of sp³-hybridized carbons (Fsp3) is 0.105. The van der Waals surface area contributed by atoms with Gasteiger partial charge < -0.3 is 5.32 Å². The molecule has 25 heavy (non-hydrogen) atoms. The van der Waals surface area contributed by atoms with Crippen molar-refractivity contribution in [3.63, 3.8) is 0 Å². The molecule has 0 aliphatic carbocycles. The molecule has 2 aromatic carbocycles. The van der Waals surface area contributed by atoms with E-state index in [1.165, 1.54) is 11.3 Å².